The van der Waals surface area contributed by atoms with Gasteiger partial charge in [0, 0.05) is 16.6 Å². The van der Waals surface area contributed by atoms with Crippen LogP contribution in [-0.4, -0.2) is 6.54 Å². The summed E-state index contributed by atoms with van der Waals surface area (Å²) in [7, 11) is 0. The monoisotopic (exact) mass is 279 g/mol. The van der Waals surface area contributed by atoms with Gasteiger partial charge in [0.1, 0.15) is 0 Å². The molecule has 0 unspecified atom stereocenters. The molecule has 0 fully saturated rings. The van der Waals surface area contributed by atoms with Gasteiger partial charge in [0.2, 0.25) is 0 Å². The van der Waals surface area contributed by atoms with E-state index in [-0.39, 0.29) is 0 Å². The zero-order valence-electron chi connectivity index (χ0n) is 10.00. The Hall–Kier alpha value is -1.02. The zero-order valence-corrected chi connectivity index (χ0v) is 11.5. The summed E-state index contributed by atoms with van der Waals surface area (Å²) in [6.45, 7) is 1.76. The van der Waals surface area contributed by atoms with Gasteiger partial charge in [-0.25, -0.2) is 0 Å². The Labute approximate surface area is 118 Å². The fraction of sp³-hybridized carbons (Fsp3) is 0.200. The minimum atomic E-state index is 0.782. The third-order valence-electron chi connectivity index (χ3n) is 2.70. The Bertz CT molecular complexity index is 464. The van der Waals surface area contributed by atoms with Crippen LogP contribution in [0.5, 0.6) is 0 Å². The molecule has 0 atom stereocenters. The fourth-order valence-corrected chi connectivity index (χ4v) is 2.23. The predicted octanol–water partition coefficient (Wildman–Crippen LogP) is 4.33. The Kier molecular flexibility index (Phi) is 5.06. The fourth-order valence-electron chi connectivity index (χ4n) is 1.80. The predicted molar refractivity (Wildman–Crippen MR) is 78.3 cm³/mol. The molecule has 0 aliphatic rings. The zero-order chi connectivity index (χ0) is 12.8. The van der Waals surface area contributed by atoms with Crippen molar-refractivity contribution in [3.05, 3.63) is 69.7 Å². The number of rotatable bonds is 5. The third kappa shape index (κ3) is 4.34. The van der Waals surface area contributed by atoms with E-state index in [0.29, 0.717) is 0 Å². The van der Waals surface area contributed by atoms with Gasteiger partial charge in [0.05, 0.1) is 0 Å². The Balaban J connectivity index is 1.76. The SMILES string of the molecule is Clc1cccc(CCNCc2cccc(Cl)c2)c1. The Morgan fingerprint density at radius 2 is 1.44 bits per heavy atom. The second kappa shape index (κ2) is 6.79. The average molecular weight is 280 g/mol. The number of benzene rings is 2. The topological polar surface area (TPSA) is 12.0 Å². The van der Waals surface area contributed by atoms with Crippen LogP contribution in [0.15, 0.2) is 48.5 Å². The second-order valence-corrected chi connectivity index (χ2v) is 5.06. The van der Waals surface area contributed by atoms with E-state index < -0.39 is 0 Å². The van der Waals surface area contributed by atoms with Crippen LogP contribution < -0.4 is 5.32 Å². The van der Waals surface area contributed by atoms with Crippen LogP contribution in [0.2, 0.25) is 10.0 Å². The first-order valence-electron chi connectivity index (χ1n) is 5.93. The summed E-state index contributed by atoms with van der Waals surface area (Å²) >= 11 is 11.9. The number of halogens is 2. The van der Waals surface area contributed by atoms with Crippen molar-refractivity contribution in [2.75, 3.05) is 6.54 Å². The van der Waals surface area contributed by atoms with Crippen LogP contribution in [0.25, 0.3) is 0 Å². The average Bonchev–Trinajstić information content (AvgIpc) is 2.35. The molecule has 0 heterocycles. The summed E-state index contributed by atoms with van der Waals surface area (Å²) in [5.74, 6) is 0. The molecule has 0 aromatic heterocycles. The minimum Gasteiger partial charge on any atom is -0.312 e. The maximum absolute atomic E-state index is 5.94. The van der Waals surface area contributed by atoms with Crippen molar-refractivity contribution >= 4 is 23.2 Å². The minimum absolute atomic E-state index is 0.782. The highest BCUT2D eigenvalue weighted by Gasteiger charge is 1.96. The van der Waals surface area contributed by atoms with Gasteiger partial charge < -0.3 is 5.32 Å². The molecule has 2 aromatic rings. The highest BCUT2D eigenvalue weighted by molar-refractivity contribution is 6.30. The summed E-state index contributed by atoms with van der Waals surface area (Å²) in [5.41, 5.74) is 2.45. The van der Waals surface area contributed by atoms with Crippen LogP contribution in [0, 0.1) is 0 Å². The number of hydrogen-bond donors (Lipinski definition) is 1. The molecule has 0 saturated heterocycles. The van der Waals surface area contributed by atoms with E-state index in [0.717, 1.165) is 29.6 Å². The Morgan fingerprint density at radius 1 is 0.833 bits per heavy atom. The van der Waals surface area contributed by atoms with Crippen LogP contribution in [0.1, 0.15) is 11.1 Å². The van der Waals surface area contributed by atoms with Gasteiger partial charge in [0.25, 0.3) is 0 Å². The molecule has 0 aliphatic carbocycles. The Morgan fingerprint density at radius 3 is 2.11 bits per heavy atom. The van der Waals surface area contributed by atoms with Crippen LogP contribution in [-0.2, 0) is 13.0 Å². The van der Waals surface area contributed by atoms with E-state index in [9.17, 15) is 0 Å². The molecule has 2 aromatic carbocycles. The van der Waals surface area contributed by atoms with Gasteiger partial charge >= 0.3 is 0 Å². The van der Waals surface area contributed by atoms with E-state index in [2.05, 4.69) is 17.4 Å². The molecule has 0 amide bonds. The van der Waals surface area contributed by atoms with Crippen molar-refractivity contribution in [3.8, 4) is 0 Å². The smallest absolute Gasteiger partial charge is 0.0409 e. The molecule has 0 saturated carbocycles. The number of nitrogens with one attached hydrogen (secondary N) is 1. The molecule has 2 rings (SSSR count). The third-order valence-corrected chi connectivity index (χ3v) is 3.17. The standard InChI is InChI=1S/C15H15Cl2N/c16-14-5-1-3-12(9-14)7-8-18-11-13-4-2-6-15(17)10-13/h1-6,9-10,18H,7-8,11H2. The van der Waals surface area contributed by atoms with Crippen molar-refractivity contribution < 1.29 is 0 Å². The highest BCUT2D eigenvalue weighted by Crippen LogP contribution is 2.11. The van der Waals surface area contributed by atoms with Crippen molar-refractivity contribution in [2.45, 2.75) is 13.0 Å². The molecule has 0 spiro atoms. The van der Waals surface area contributed by atoms with Gasteiger partial charge in [0.15, 0.2) is 0 Å². The van der Waals surface area contributed by atoms with E-state index >= 15 is 0 Å². The first-order chi connectivity index (χ1) is 8.74. The number of hydrogen-bond acceptors (Lipinski definition) is 1. The van der Waals surface area contributed by atoms with Crippen LogP contribution in [0.4, 0.5) is 0 Å². The van der Waals surface area contributed by atoms with Crippen molar-refractivity contribution in [2.24, 2.45) is 0 Å². The van der Waals surface area contributed by atoms with Crippen LogP contribution >= 0.6 is 23.2 Å². The second-order valence-electron chi connectivity index (χ2n) is 4.19. The molecule has 1 nitrogen and oxygen atoms in total. The molecule has 0 radical (unpaired) electrons. The first-order valence-corrected chi connectivity index (χ1v) is 6.69. The lowest BCUT2D eigenvalue weighted by atomic mass is 10.1. The van der Waals surface area contributed by atoms with Gasteiger partial charge in [-0.1, -0.05) is 47.5 Å². The summed E-state index contributed by atoms with van der Waals surface area (Å²) in [4.78, 5) is 0. The molecule has 94 valence electrons. The molecule has 0 aliphatic heterocycles. The van der Waals surface area contributed by atoms with E-state index in [4.69, 9.17) is 23.2 Å². The lowest BCUT2D eigenvalue weighted by Gasteiger charge is -2.06. The van der Waals surface area contributed by atoms with E-state index in [1.54, 1.807) is 0 Å². The van der Waals surface area contributed by atoms with Crippen LogP contribution in [0.3, 0.4) is 0 Å². The maximum atomic E-state index is 5.94. The quantitative estimate of drug-likeness (QED) is 0.804. The molecule has 3 heteroatoms. The van der Waals surface area contributed by atoms with Gasteiger partial charge in [-0.3, -0.25) is 0 Å². The van der Waals surface area contributed by atoms with E-state index in [1.807, 2.05) is 36.4 Å². The van der Waals surface area contributed by atoms with Crippen molar-refractivity contribution in [1.82, 2.24) is 5.32 Å². The van der Waals surface area contributed by atoms with Crippen molar-refractivity contribution in [3.63, 3.8) is 0 Å². The van der Waals surface area contributed by atoms with E-state index in [1.165, 1.54) is 11.1 Å². The largest absolute Gasteiger partial charge is 0.312 e. The highest BCUT2D eigenvalue weighted by atomic mass is 35.5. The summed E-state index contributed by atoms with van der Waals surface area (Å²) in [6.07, 6.45) is 0.973. The lowest BCUT2D eigenvalue weighted by Crippen LogP contribution is -2.16. The molecule has 1 N–H and O–H groups in total. The van der Waals surface area contributed by atoms with Gasteiger partial charge in [-0.05, 0) is 48.4 Å². The summed E-state index contributed by atoms with van der Waals surface area (Å²) < 4.78 is 0. The maximum Gasteiger partial charge on any atom is 0.0409 e. The molecular weight excluding hydrogens is 265 g/mol. The molecule has 18 heavy (non-hydrogen) atoms. The lowest BCUT2D eigenvalue weighted by molar-refractivity contribution is 0.687. The summed E-state index contributed by atoms with van der Waals surface area (Å²) in [6, 6.07) is 15.9. The van der Waals surface area contributed by atoms with Gasteiger partial charge in [-0.2, -0.15) is 0 Å². The summed E-state index contributed by atoms with van der Waals surface area (Å²) in [5, 5.41) is 4.97. The molecular formula is C15H15Cl2N. The van der Waals surface area contributed by atoms with Gasteiger partial charge in [-0.15, -0.1) is 0 Å². The first kappa shape index (κ1) is 13.4. The molecule has 0 bridgehead atoms. The van der Waals surface area contributed by atoms with Crippen molar-refractivity contribution in [1.29, 1.82) is 0 Å². The normalized spacial score (nSPS) is 10.6.